The number of amides is 6. The van der Waals surface area contributed by atoms with Crippen molar-refractivity contribution >= 4 is 63.2 Å². The van der Waals surface area contributed by atoms with E-state index < -0.39 is 30.2 Å². The van der Waals surface area contributed by atoms with E-state index in [9.17, 15) is 28.8 Å². The minimum atomic E-state index is -0.613. The van der Waals surface area contributed by atoms with Crippen molar-refractivity contribution in [3.63, 3.8) is 0 Å². The molecular formula is C43H67N11O6. The molecule has 330 valence electrons. The van der Waals surface area contributed by atoms with Gasteiger partial charge in [-0.15, -0.1) is 0 Å². The van der Waals surface area contributed by atoms with Crippen molar-refractivity contribution in [2.24, 2.45) is 17.6 Å². The van der Waals surface area contributed by atoms with Crippen LogP contribution in [0.3, 0.4) is 0 Å². The molecule has 1 fully saturated rings. The Hall–Kier alpha value is -5.32. The summed E-state index contributed by atoms with van der Waals surface area (Å²) < 4.78 is 2.23. The van der Waals surface area contributed by atoms with Gasteiger partial charge in [-0.2, -0.15) is 0 Å². The zero-order valence-electron chi connectivity index (χ0n) is 35.4. The Kier molecular flexibility index (Phi) is 20.5. The number of anilines is 1. The number of benzene rings is 1. The van der Waals surface area contributed by atoms with Crippen LogP contribution in [0.5, 0.6) is 0 Å². The van der Waals surface area contributed by atoms with Crippen LogP contribution in [0.4, 0.5) is 5.82 Å². The second-order valence-electron chi connectivity index (χ2n) is 15.9. The van der Waals surface area contributed by atoms with Crippen LogP contribution >= 0.6 is 0 Å². The number of hydrogen-bond acceptors (Lipinski definition) is 10. The predicted molar refractivity (Wildman–Crippen MR) is 232 cm³/mol. The van der Waals surface area contributed by atoms with Gasteiger partial charge < -0.3 is 47.9 Å². The first-order valence-corrected chi connectivity index (χ1v) is 21.9. The average Bonchev–Trinajstić information content (AvgIpc) is 3.60. The molecule has 2 unspecified atom stereocenters. The Labute approximate surface area is 353 Å². The molecule has 1 saturated carbocycles. The standard InChI is InChI=1S/C43H67N11O6/c1-2-3-18-34-53-41-42(32-16-10-11-17-33(32)52-43(41)45)54(34)22-13-12-21-46-35(55)19-20-36(56)48-26-38(58)50-28-40(60)51-29-39(59)49-27-37(57)47-25-31-15-9-7-5-4-6-8-14-30(23-31)24-44/h10-11,16-17,30-31H,2-9,12-15,18-29,44H2,1H3,(H2,45,52)(H,46,55)(H,47,57)(H,48,56)(H,49,59)(H,50,58)(H,51,60). The van der Waals surface area contributed by atoms with Crippen LogP contribution in [0, 0.1) is 11.8 Å². The van der Waals surface area contributed by atoms with Gasteiger partial charge in [-0.05, 0) is 63.0 Å². The number of fused-ring (bicyclic) bond motifs is 3. The fourth-order valence-electron chi connectivity index (χ4n) is 7.60. The highest BCUT2D eigenvalue weighted by atomic mass is 16.2. The zero-order chi connectivity index (χ0) is 43.1. The zero-order valence-corrected chi connectivity index (χ0v) is 35.4. The molecule has 10 N–H and O–H groups in total. The predicted octanol–water partition coefficient (Wildman–Crippen LogP) is 2.48. The Bertz CT molecular complexity index is 1880. The maximum Gasteiger partial charge on any atom is 0.239 e. The molecule has 1 aliphatic carbocycles. The summed E-state index contributed by atoms with van der Waals surface area (Å²) >= 11 is 0. The van der Waals surface area contributed by atoms with Crippen LogP contribution in [-0.2, 0) is 41.7 Å². The van der Waals surface area contributed by atoms with E-state index in [4.69, 9.17) is 16.5 Å². The number of aryl methyl sites for hydroxylation is 2. The van der Waals surface area contributed by atoms with Crippen molar-refractivity contribution in [1.82, 2.24) is 46.4 Å². The molecule has 60 heavy (non-hydrogen) atoms. The maximum atomic E-state index is 12.4. The third-order valence-electron chi connectivity index (χ3n) is 11.0. The van der Waals surface area contributed by atoms with Gasteiger partial charge in [0.25, 0.3) is 0 Å². The van der Waals surface area contributed by atoms with Crippen molar-refractivity contribution in [2.45, 2.75) is 116 Å². The molecule has 17 nitrogen and oxygen atoms in total. The van der Waals surface area contributed by atoms with E-state index in [-0.39, 0.29) is 44.3 Å². The Morgan fingerprint density at radius 1 is 0.683 bits per heavy atom. The number of nitrogens with zero attached hydrogens (tertiary/aromatic N) is 3. The number of hydrogen-bond donors (Lipinski definition) is 8. The Morgan fingerprint density at radius 2 is 1.25 bits per heavy atom. The molecule has 6 amide bonds. The van der Waals surface area contributed by atoms with Gasteiger partial charge >= 0.3 is 0 Å². The lowest BCUT2D eigenvalue weighted by atomic mass is 9.88. The second kappa shape index (κ2) is 26.0. The first-order valence-electron chi connectivity index (χ1n) is 21.9. The van der Waals surface area contributed by atoms with Gasteiger partial charge in [-0.3, -0.25) is 28.8 Å². The minimum Gasteiger partial charge on any atom is -0.382 e. The lowest BCUT2D eigenvalue weighted by Crippen LogP contribution is -2.46. The lowest BCUT2D eigenvalue weighted by Gasteiger charge is -2.23. The molecule has 17 heteroatoms. The number of aromatic nitrogens is 3. The number of rotatable bonds is 22. The fourth-order valence-corrected chi connectivity index (χ4v) is 7.60. The van der Waals surface area contributed by atoms with Crippen LogP contribution in [0.1, 0.15) is 109 Å². The summed E-state index contributed by atoms with van der Waals surface area (Å²) in [6.07, 6.45) is 14.7. The van der Waals surface area contributed by atoms with Crippen molar-refractivity contribution in [2.75, 3.05) is 51.5 Å². The number of unbranched alkanes of at least 4 members (excludes halogenated alkanes) is 2. The molecule has 0 saturated heterocycles. The number of nitrogens with one attached hydrogen (secondary N) is 6. The number of nitrogen functional groups attached to an aromatic ring is 1. The fraction of sp³-hybridized carbons (Fsp3) is 0.628. The molecule has 0 radical (unpaired) electrons. The van der Waals surface area contributed by atoms with E-state index in [1.807, 2.05) is 24.3 Å². The van der Waals surface area contributed by atoms with E-state index in [0.717, 1.165) is 80.0 Å². The van der Waals surface area contributed by atoms with Gasteiger partial charge in [0.15, 0.2) is 5.82 Å². The summed E-state index contributed by atoms with van der Waals surface area (Å²) in [5.74, 6) is -0.635. The maximum absolute atomic E-state index is 12.4. The second-order valence-corrected chi connectivity index (χ2v) is 15.9. The minimum absolute atomic E-state index is 0.0408. The molecule has 2 atom stereocenters. The van der Waals surface area contributed by atoms with E-state index in [1.54, 1.807) is 0 Å². The molecule has 2 heterocycles. The molecule has 3 aromatic rings. The largest absolute Gasteiger partial charge is 0.382 e. The number of nitrogens with two attached hydrogens (primary N) is 2. The van der Waals surface area contributed by atoms with Gasteiger partial charge in [0.05, 0.1) is 37.2 Å². The normalized spacial score (nSPS) is 16.0. The smallest absolute Gasteiger partial charge is 0.239 e. The van der Waals surface area contributed by atoms with Crippen molar-refractivity contribution < 1.29 is 28.8 Å². The highest BCUT2D eigenvalue weighted by molar-refractivity contribution is 6.06. The van der Waals surface area contributed by atoms with Crippen LogP contribution in [0.15, 0.2) is 24.3 Å². The van der Waals surface area contributed by atoms with Crippen LogP contribution < -0.4 is 43.4 Å². The SMILES string of the molecule is CCCCc1nc2c(N)nc3ccccc3c2n1CCCCNC(=O)CCC(=O)NCC(=O)NCC(=O)NCC(=O)NCC(=O)NCC1CCCCCCCCC(CN)C1. The van der Waals surface area contributed by atoms with Crippen molar-refractivity contribution in [3.8, 4) is 0 Å². The molecule has 4 rings (SSSR count). The number of carbonyl (C=O) groups is 6. The number of para-hydroxylation sites is 1. The van der Waals surface area contributed by atoms with E-state index in [0.29, 0.717) is 49.3 Å². The summed E-state index contributed by atoms with van der Waals surface area (Å²) in [4.78, 5) is 83.1. The molecule has 1 aromatic carbocycles. The summed E-state index contributed by atoms with van der Waals surface area (Å²) in [6.45, 7) is 3.12. The quantitative estimate of drug-likeness (QED) is 0.0687. The average molecular weight is 834 g/mol. The lowest BCUT2D eigenvalue weighted by molar-refractivity contribution is -0.129. The van der Waals surface area contributed by atoms with Crippen LogP contribution in [0.2, 0.25) is 0 Å². The van der Waals surface area contributed by atoms with Gasteiger partial charge in [0, 0.05) is 44.3 Å². The van der Waals surface area contributed by atoms with Gasteiger partial charge in [-0.1, -0.05) is 70.1 Å². The van der Waals surface area contributed by atoms with Crippen LogP contribution in [-0.4, -0.2) is 95.8 Å². The summed E-state index contributed by atoms with van der Waals surface area (Å²) in [6, 6.07) is 7.89. The van der Waals surface area contributed by atoms with Crippen molar-refractivity contribution in [3.05, 3.63) is 30.1 Å². The molecule has 0 spiro atoms. The van der Waals surface area contributed by atoms with Gasteiger partial charge in [0.2, 0.25) is 35.4 Å². The number of carbonyl (C=O) groups excluding carboxylic acids is 6. The molecule has 1 aliphatic rings. The molecule has 2 aromatic heterocycles. The van der Waals surface area contributed by atoms with Gasteiger partial charge in [0.1, 0.15) is 11.3 Å². The summed E-state index contributed by atoms with van der Waals surface area (Å²) in [5.41, 5.74) is 14.8. The number of imidazole rings is 1. The highest BCUT2D eigenvalue weighted by Gasteiger charge is 2.19. The van der Waals surface area contributed by atoms with Gasteiger partial charge in [-0.25, -0.2) is 9.97 Å². The van der Waals surface area contributed by atoms with Crippen molar-refractivity contribution in [1.29, 1.82) is 0 Å². The molecule has 0 aliphatic heterocycles. The van der Waals surface area contributed by atoms with E-state index in [1.165, 1.54) is 32.1 Å². The van der Waals surface area contributed by atoms with Crippen LogP contribution in [0.25, 0.3) is 21.9 Å². The topological polar surface area (TPSA) is 257 Å². The van der Waals surface area contributed by atoms with E-state index in [2.05, 4.69) is 48.4 Å². The van der Waals surface area contributed by atoms with E-state index >= 15 is 0 Å². The molecule has 0 bridgehead atoms. The summed E-state index contributed by atoms with van der Waals surface area (Å²) in [5, 5.41) is 16.5. The monoisotopic (exact) mass is 834 g/mol. The number of pyridine rings is 1. The third kappa shape index (κ3) is 16.4. The third-order valence-corrected chi connectivity index (χ3v) is 11.0. The molecular weight excluding hydrogens is 767 g/mol. The Morgan fingerprint density at radius 3 is 1.88 bits per heavy atom. The Balaban J connectivity index is 1.04. The first kappa shape index (κ1) is 47.4. The first-order chi connectivity index (χ1) is 29.1. The summed E-state index contributed by atoms with van der Waals surface area (Å²) in [7, 11) is 0. The highest BCUT2D eigenvalue weighted by Crippen LogP contribution is 2.30.